The first-order chi connectivity index (χ1) is 13.6. The van der Waals surface area contributed by atoms with E-state index in [1.165, 1.54) is 12.1 Å². The molecule has 0 radical (unpaired) electrons. The van der Waals surface area contributed by atoms with E-state index in [4.69, 9.17) is 0 Å². The van der Waals surface area contributed by atoms with Crippen molar-refractivity contribution in [3.05, 3.63) is 59.2 Å². The van der Waals surface area contributed by atoms with E-state index >= 15 is 0 Å². The van der Waals surface area contributed by atoms with E-state index in [-0.39, 0.29) is 23.1 Å². The number of nitrogens with one attached hydrogen (secondary N) is 2. The Kier molecular flexibility index (Phi) is 6.07. The quantitative estimate of drug-likeness (QED) is 0.775. The summed E-state index contributed by atoms with van der Waals surface area (Å²) in [7, 11) is -3.64. The molecule has 2 N–H and O–H groups in total. The molecule has 0 spiro atoms. The third-order valence-electron chi connectivity index (χ3n) is 4.72. The van der Waals surface area contributed by atoms with Crippen molar-refractivity contribution >= 4 is 27.3 Å². The summed E-state index contributed by atoms with van der Waals surface area (Å²) < 4.78 is 53.2. The number of carbonyl (C=O) groups excluding carboxylic acids is 1. The van der Waals surface area contributed by atoms with Gasteiger partial charge in [-0.05, 0) is 55.7 Å². The van der Waals surface area contributed by atoms with Crippen LogP contribution in [0.5, 0.6) is 0 Å². The van der Waals surface area contributed by atoms with Crippen molar-refractivity contribution in [2.24, 2.45) is 0 Å². The van der Waals surface area contributed by atoms with E-state index < -0.39 is 21.7 Å². The summed E-state index contributed by atoms with van der Waals surface area (Å²) in [5.41, 5.74) is 1.32. The molecule has 1 atom stereocenters. The number of nitrogens with zero attached hydrogens (tertiary/aromatic N) is 1. The molecule has 1 amide bonds. The van der Waals surface area contributed by atoms with Crippen molar-refractivity contribution in [3.63, 3.8) is 0 Å². The van der Waals surface area contributed by atoms with Crippen LogP contribution in [0, 0.1) is 18.6 Å². The molecule has 9 heteroatoms. The zero-order valence-electron chi connectivity index (χ0n) is 16.2. The van der Waals surface area contributed by atoms with Gasteiger partial charge in [0.2, 0.25) is 10.0 Å². The van der Waals surface area contributed by atoms with Crippen LogP contribution in [0.15, 0.2) is 36.4 Å². The van der Waals surface area contributed by atoms with Crippen molar-refractivity contribution in [1.82, 2.24) is 5.32 Å². The predicted molar refractivity (Wildman–Crippen MR) is 109 cm³/mol. The molecule has 6 nitrogen and oxygen atoms in total. The number of halogens is 2. The monoisotopic (exact) mass is 423 g/mol. The zero-order chi connectivity index (χ0) is 21.2. The summed E-state index contributed by atoms with van der Waals surface area (Å²) in [6.45, 7) is 2.94. The third kappa shape index (κ3) is 5.44. The largest absolute Gasteiger partial charge is 0.367 e. The Morgan fingerprint density at radius 2 is 1.93 bits per heavy atom. The predicted octanol–water partition coefficient (Wildman–Crippen LogP) is 3.04. The minimum Gasteiger partial charge on any atom is -0.367 e. The van der Waals surface area contributed by atoms with Crippen molar-refractivity contribution in [2.75, 3.05) is 29.0 Å². The molecular formula is C20H23F2N3O3S. The molecule has 1 saturated heterocycles. The highest BCUT2D eigenvalue weighted by Crippen LogP contribution is 2.25. The van der Waals surface area contributed by atoms with Crippen molar-refractivity contribution in [2.45, 2.75) is 25.8 Å². The lowest BCUT2D eigenvalue weighted by molar-refractivity contribution is 0.0933. The number of anilines is 2. The molecule has 1 aliphatic heterocycles. The normalized spacial score (nSPS) is 17.1. The van der Waals surface area contributed by atoms with Crippen LogP contribution in [-0.4, -0.2) is 39.7 Å². The molecule has 1 heterocycles. The summed E-state index contributed by atoms with van der Waals surface area (Å²) in [4.78, 5) is 14.6. The van der Waals surface area contributed by atoms with Gasteiger partial charge in [0.05, 0.1) is 23.2 Å². The molecular weight excluding hydrogens is 400 g/mol. The average molecular weight is 423 g/mol. The molecule has 1 unspecified atom stereocenters. The second kappa shape index (κ2) is 8.36. The molecule has 2 aromatic rings. The van der Waals surface area contributed by atoms with Gasteiger partial charge in [-0.3, -0.25) is 9.52 Å². The number of sulfonamides is 1. The molecule has 0 bridgehead atoms. The molecule has 0 aromatic heterocycles. The Hall–Kier alpha value is -2.68. The molecule has 1 fully saturated rings. The summed E-state index contributed by atoms with van der Waals surface area (Å²) >= 11 is 0. The van der Waals surface area contributed by atoms with Gasteiger partial charge in [-0.25, -0.2) is 17.2 Å². The number of carbonyl (C=O) groups is 1. The van der Waals surface area contributed by atoms with Crippen molar-refractivity contribution < 1.29 is 22.0 Å². The summed E-state index contributed by atoms with van der Waals surface area (Å²) in [5.74, 6) is -1.57. The highest BCUT2D eigenvalue weighted by atomic mass is 32.2. The number of piperidine rings is 1. The van der Waals surface area contributed by atoms with Crippen molar-refractivity contribution in [1.29, 1.82) is 0 Å². The maximum absolute atomic E-state index is 14.2. The summed E-state index contributed by atoms with van der Waals surface area (Å²) in [6.07, 6.45) is 2.38. The van der Waals surface area contributed by atoms with E-state index in [1.54, 1.807) is 12.1 Å². The summed E-state index contributed by atoms with van der Waals surface area (Å²) in [5, 5.41) is 2.82. The van der Waals surface area contributed by atoms with Gasteiger partial charge < -0.3 is 10.2 Å². The van der Waals surface area contributed by atoms with Crippen LogP contribution in [0.25, 0.3) is 0 Å². The average Bonchev–Trinajstić information content (AvgIpc) is 2.64. The number of rotatable bonds is 5. The molecule has 2 aromatic carbocycles. The van der Waals surface area contributed by atoms with Gasteiger partial charge in [-0.15, -0.1) is 0 Å². The van der Waals surface area contributed by atoms with E-state index in [9.17, 15) is 22.0 Å². The maximum atomic E-state index is 14.2. The van der Waals surface area contributed by atoms with Crippen LogP contribution in [0.4, 0.5) is 20.2 Å². The van der Waals surface area contributed by atoms with Gasteiger partial charge in [-0.1, -0.05) is 6.07 Å². The number of hydrogen-bond donors (Lipinski definition) is 2. The highest BCUT2D eigenvalue weighted by Gasteiger charge is 2.25. The molecule has 156 valence electrons. The molecule has 0 saturated carbocycles. The molecule has 0 aliphatic carbocycles. The maximum Gasteiger partial charge on any atom is 0.253 e. The number of benzene rings is 2. The Balaban J connectivity index is 1.77. The van der Waals surface area contributed by atoms with Gasteiger partial charge in [0.1, 0.15) is 11.6 Å². The lowest BCUT2D eigenvalue weighted by Crippen LogP contribution is -2.48. The first kappa shape index (κ1) is 21.0. The van der Waals surface area contributed by atoms with Gasteiger partial charge in [0.15, 0.2) is 0 Å². The van der Waals surface area contributed by atoms with Gasteiger partial charge in [-0.2, -0.15) is 0 Å². The lowest BCUT2D eigenvalue weighted by Gasteiger charge is -2.35. The van der Waals surface area contributed by atoms with E-state index in [1.807, 2.05) is 11.8 Å². The Bertz CT molecular complexity index is 1030. The highest BCUT2D eigenvalue weighted by molar-refractivity contribution is 7.92. The molecule has 1 aliphatic rings. The fraction of sp³-hybridized carbons (Fsp3) is 0.350. The van der Waals surface area contributed by atoms with Gasteiger partial charge in [0, 0.05) is 19.1 Å². The van der Waals surface area contributed by atoms with Gasteiger partial charge >= 0.3 is 0 Å². The second-order valence-electron chi connectivity index (χ2n) is 7.28. The van der Waals surface area contributed by atoms with Crippen LogP contribution in [-0.2, 0) is 10.0 Å². The third-order valence-corrected chi connectivity index (χ3v) is 5.31. The SMILES string of the molecule is Cc1ccc(F)c(N2CCCC(NC(=O)c3cc(F)ccc3NS(C)(=O)=O)C2)c1. The fourth-order valence-corrected chi connectivity index (χ4v) is 4.01. The van der Waals surface area contributed by atoms with Crippen LogP contribution in [0.3, 0.4) is 0 Å². The number of amides is 1. The first-order valence-corrected chi connectivity index (χ1v) is 11.1. The topological polar surface area (TPSA) is 78.5 Å². The smallest absolute Gasteiger partial charge is 0.253 e. The van der Waals surface area contributed by atoms with Crippen molar-refractivity contribution in [3.8, 4) is 0 Å². The van der Waals surface area contributed by atoms with E-state index in [0.717, 1.165) is 30.4 Å². The Labute approximate surface area is 169 Å². The van der Waals surface area contributed by atoms with E-state index in [0.29, 0.717) is 25.2 Å². The molecule has 3 rings (SSSR count). The standard InChI is InChI=1S/C20H23F2N3O3S/c1-13-5-7-17(22)19(10-13)25-9-3-4-15(12-25)23-20(26)16-11-14(21)6-8-18(16)24-29(2,27)28/h5-8,10-11,15,24H,3-4,9,12H2,1-2H3,(H,23,26). The zero-order valence-corrected chi connectivity index (χ0v) is 17.0. The second-order valence-corrected chi connectivity index (χ2v) is 9.03. The van der Waals surface area contributed by atoms with E-state index in [2.05, 4.69) is 10.0 Å². The minimum atomic E-state index is -3.64. The van der Waals surface area contributed by atoms with Gasteiger partial charge in [0.25, 0.3) is 5.91 Å². The number of hydrogen-bond acceptors (Lipinski definition) is 4. The summed E-state index contributed by atoms with van der Waals surface area (Å²) in [6, 6.07) is 7.87. The first-order valence-electron chi connectivity index (χ1n) is 9.22. The van der Waals surface area contributed by atoms with Crippen LogP contribution >= 0.6 is 0 Å². The Morgan fingerprint density at radius 3 is 2.66 bits per heavy atom. The number of aryl methyl sites for hydroxylation is 1. The van der Waals surface area contributed by atoms with Crippen LogP contribution in [0.2, 0.25) is 0 Å². The van der Waals surface area contributed by atoms with Crippen LogP contribution in [0.1, 0.15) is 28.8 Å². The Morgan fingerprint density at radius 1 is 1.17 bits per heavy atom. The lowest BCUT2D eigenvalue weighted by atomic mass is 10.0. The van der Waals surface area contributed by atoms with Crippen LogP contribution < -0.4 is 14.9 Å². The fourth-order valence-electron chi connectivity index (χ4n) is 3.44. The minimum absolute atomic E-state index is 0.00351. The molecule has 29 heavy (non-hydrogen) atoms.